The van der Waals surface area contributed by atoms with E-state index in [4.69, 9.17) is 4.74 Å². The van der Waals surface area contributed by atoms with Crippen LogP contribution in [-0.2, 0) is 9.53 Å². The summed E-state index contributed by atoms with van der Waals surface area (Å²) in [4.78, 5) is 14.2. The van der Waals surface area contributed by atoms with Gasteiger partial charge in [-0.3, -0.25) is 9.69 Å². The number of hydrogen-bond donors (Lipinski definition) is 0. The molecule has 0 bridgehead atoms. The number of carbonyl (C=O) groups excluding carboxylic acids is 1. The van der Waals surface area contributed by atoms with Gasteiger partial charge in [0, 0.05) is 12.1 Å². The van der Waals surface area contributed by atoms with Gasteiger partial charge in [0.2, 0.25) is 0 Å². The van der Waals surface area contributed by atoms with Gasteiger partial charge in [-0.1, -0.05) is 20.3 Å². The summed E-state index contributed by atoms with van der Waals surface area (Å²) in [7, 11) is 1.50. The number of piperidine rings is 1. The first-order valence-electron chi connectivity index (χ1n) is 7.94. The third kappa shape index (κ3) is 3.71. The third-order valence-corrected chi connectivity index (χ3v) is 5.34. The van der Waals surface area contributed by atoms with Gasteiger partial charge in [-0.15, -0.1) is 0 Å². The molecule has 4 atom stereocenters. The van der Waals surface area contributed by atoms with E-state index < -0.39 is 0 Å². The minimum Gasteiger partial charge on any atom is -0.469 e. The molecular weight excluding hydrogens is 238 g/mol. The fourth-order valence-electron chi connectivity index (χ4n) is 3.82. The molecule has 110 valence electrons. The molecular formula is C16H29NO2. The maximum atomic E-state index is 11.6. The van der Waals surface area contributed by atoms with Crippen molar-refractivity contribution in [2.75, 3.05) is 13.7 Å². The van der Waals surface area contributed by atoms with Gasteiger partial charge in [0.25, 0.3) is 0 Å². The number of carbonyl (C=O) groups is 1. The molecule has 3 nitrogen and oxygen atoms in total. The van der Waals surface area contributed by atoms with E-state index in [1.54, 1.807) is 0 Å². The zero-order valence-corrected chi connectivity index (χ0v) is 12.7. The summed E-state index contributed by atoms with van der Waals surface area (Å²) in [5, 5.41) is 0. The average molecular weight is 267 g/mol. The van der Waals surface area contributed by atoms with Crippen molar-refractivity contribution in [1.29, 1.82) is 0 Å². The van der Waals surface area contributed by atoms with E-state index in [-0.39, 0.29) is 5.97 Å². The highest BCUT2D eigenvalue weighted by atomic mass is 16.5. The minimum absolute atomic E-state index is 0.0471. The van der Waals surface area contributed by atoms with Crippen molar-refractivity contribution >= 4 is 5.97 Å². The van der Waals surface area contributed by atoms with E-state index in [1.807, 2.05) is 0 Å². The molecule has 0 N–H and O–H groups in total. The van der Waals surface area contributed by atoms with E-state index >= 15 is 0 Å². The lowest BCUT2D eigenvalue weighted by atomic mass is 9.77. The maximum absolute atomic E-state index is 11.6. The smallest absolute Gasteiger partial charge is 0.307 e. The van der Waals surface area contributed by atoms with Crippen molar-refractivity contribution in [1.82, 2.24) is 4.90 Å². The number of nitrogens with zero attached hydrogens (tertiary/aromatic N) is 1. The zero-order valence-electron chi connectivity index (χ0n) is 12.7. The summed E-state index contributed by atoms with van der Waals surface area (Å²) >= 11 is 0. The van der Waals surface area contributed by atoms with Gasteiger partial charge in [-0.05, 0) is 50.5 Å². The molecule has 1 aliphatic heterocycles. The van der Waals surface area contributed by atoms with Crippen LogP contribution in [0.2, 0.25) is 0 Å². The van der Waals surface area contributed by atoms with E-state index in [0.717, 1.165) is 18.3 Å². The summed E-state index contributed by atoms with van der Waals surface area (Å²) in [6.45, 7) is 5.94. The van der Waals surface area contributed by atoms with Crippen LogP contribution in [0.3, 0.4) is 0 Å². The van der Waals surface area contributed by atoms with Crippen molar-refractivity contribution < 1.29 is 9.53 Å². The van der Waals surface area contributed by atoms with Crippen LogP contribution in [0.4, 0.5) is 0 Å². The number of esters is 1. The second-order valence-electron chi connectivity index (χ2n) is 6.59. The van der Waals surface area contributed by atoms with Crippen LogP contribution in [0, 0.1) is 11.8 Å². The van der Waals surface area contributed by atoms with Crippen LogP contribution in [0.1, 0.15) is 58.8 Å². The molecule has 2 rings (SSSR count). The van der Waals surface area contributed by atoms with E-state index in [0.29, 0.717) is 18.5 Å². The summed E-state index contributed by atoms with van der Waals surface area (Å²) in [6, 6.07) is 1.12. The van der Waals surface area contributed by atoms with Crippen LogP contribution >= 0.6 is 0 Å². The van der Waals surface area contributed by atoms with Gasteiger partial charge in [-0.25, -0.2) is 0 Å². The van der Waals surface area contributed by atoms with E-state index in [1.165, 1.54) is 45.8 Å². The standard InChI is InChI=1S/C16H29NO2/c1-12-7-8-15(10-13(12)2)17-9-5-4-6-14(17)11-16(18)19-3/h12-15H,4-11H2,1-3H3. The molecule has 1 saturated carbocycles. The van der Waals surface area contributed by atoms with E-state index in [2.05, 4.69) is 18.7 Å². The molecule has 2 fully saturated rings. The van der Waals surface area contributed by atoms with Crippen LogP contribution in [0.5, 0.6) is 0 Å². The number of hydrogen-bond acceptors (Lipinski definition) is 3. The lowest BCUT2D eigenvalue weighted by Crippen LogP contribution is -2.49. The Kier molecular flexibility index (Phi) is 5.26. The van der Waals surface area contributed by atoms with Gasteiger partial charge in [0.05, 0.1) is 13.5 Å². The first-order chi connectivity index (χ1) is 9.11. The molecule has 0 spiro atoms. The van der Waals surface area contributed by atoms with Crippen LogP contribution < -0.4 is 0 Å². The Labute approximate surface area is 117 Å². The molecule has 1 heterocycles. The molecule has 2 aliphatic rings. The zero-order chi connectivity index (χ0) is 13.8. The highest BCUT2D eigenvalue weighted by molar-refractivity contribution is 5.69. The van der Waals surface area contributed by atoms with Crippen molar-refractivity contribution in [3.05, 3.63) is 0 Å². The summed E-state index contributed by atoms with van der Waals surface area (Å²) < 4.78 is 4.86. The van der Waals surface area contributed by atoms with E-state index in [9.17, 15) is 4.79 Å². The molecule has 19 heavy (non-hydrogen) atoms. The normalized spacial score (nSPS) is 37.0. The first kappa shape index (κ1) is 14.8. The molecule has 0 radical (unpaired) electrons. The molecule has 1 aliphatic carbocycles. The largest absolute Gasteiger partial charge is 0.469 e. The predicted molar refractivity (Wildman–Crippen MR) is 76.9 cm³/mol. The Morgan fingerprint density at radius 3 is 2.63 bits per heavy atom. The average Bonchev–Trinajstić information content (AvgIpc) is 2.42. The molecule has 0 aromatic carbocycles. The quantitative estimate of drug-likeness (QED) is 0.735. The van der Waals surface area contributed by atoms with Crippen molar-refractivity contribution in [3.63, 3.8) is 0 Å². The summed E-state index contributed by atoms with van der Waals surface area (Å²) in [6.07, 6.45) is 8.25. The highest BCUT2D eigenvalue weighted by Crippen LogP contribution is 2.35. The first-order valence-corrected chi connectivity index (χ1v) is 7.94. The Balaban J connectivity index is 1.97. The highest BCUT2D eigenvalue weighted by Gasteiger charge is 2.34. The fraction of sp³-hybridized carbons (Fsp3) is 0.938. The van der Waals surface area contributed by atoms with Crippen LogP contribution in [-0.4, -0.2) is 36.6 Å². The number of likely N-dealkylation sites (tertiary alicyclic amines) is 1. The second-order valence-corrected chi connectivity index (χ2v) is 6.59. The van der Waals surface area contributed by atoms with Gasteiger partial charge < -0.3 is 4.74 Å². The lowest BCUT2D eigenvalue weighted by Gasteiger charge is -2.45. The van der Waals surface area contributed by atoms with Gasteiger partial charge >= 0.3 is 5.97 Å². The molecule has 0 aromatic heterocycles. The van der Waals surface area contributed by atoms with Crippen LogP contribution in [0.15, 0.2) is 0 Å². The Morgan fingerprint density at radius 2 is 1.95 bits per heavy atom. The molecule has 4 unspecified atom stereocenters. The Hall–Kier alpha value is -0.570. The fourth-order valence-corrected chi connectivity index (χ4v) is 3.82. The number of rotatable bonds is 3. The van der Waals surface area contributed by atoms with Gasteiger partial charge in [0.15, 0.2) is 0 Å². The van der Waals surface area contributed by atoms with Crippen molar-refractivity contribution in [2.45, 2.75) is 70.9 Å². The predicted octanol–water partition coefficient (Wildman–Crippen LogP) is 3.23. The second kappa shape index (κ2) is 6.74. The SMILES string of the molecule is COC(=O)CC1CCCCN1C1CCC(C)C(C)C1. The number of ether oxygens (including phenoxy) is 1. The topological polar surface area (TPSA) is 29.5 Å². The monoisotopic (exact) mass is 267 g/mol. The van der Waals surface area contributed by atoms with Gasteiger partial charge in [-0.2, -0.15) is 0 Å². The Bertz CT molecular complexity index is 305. The summed E-state index contributed by atoms with van der Waals surface area (Å²) in [5.41, 5.74) is 0. The maximum Gasteiger partial charge on any atom is 0.307 e. The number of methoxy groups -OCH3 is 1. The summed E-state index contributed by atoms with van der Waals surface area (Å²) in [5.74, 6) is 1.63. The minimum atomic E-state index is -0.0471. The van der Waals surface area contributed by atoms with Crippen molar-refractivity contribution in [2.24, 2.45) is 11.8 Å². The van der Waals surface area contributed by atoms with Crippen LogP contribution in [0.25, 0.3) is 0 Å². The van der Waals surface area contributed by atoms with Crippen molar-refractivity contribution in [3.8, 4) is 0 Å². The Morgan fingerprint density at radius 1 is 1.16 bits per heavy atom. The molecule has 0 aromatic rings. The lowest BCUT2D eigenvalue weighted by molar-refractivity contribution is -0.142. The molecule has 3 heteroatoms. The van der Waals surface area contributed by atoms with Gasteiger partial charge in [0.1, 0.15) is 0 Å². The third-order valence-electron chi connectivity index (χ3n) is 5.34. The molecule has 1 saturated heterocycles. The molecule has 0 amide bonds.